The molecular formula is C9H9F2NO2. The van der Waals surface area contributed by atoms with E-state index in [1.165, 1.54) is 0 Å². The molecule has 0 atom stereocenters. The van der Waals surface area contributed by atoms with Gasteiger partial charge >= 0.3 is 0 Å². The van der Waals surface area contributed by atoms with Crippen molar-refractivity contribution in [1.29, 1.82) is 0 Å². The highest BCUT2D eigenvalue weighted by Crippen LogP contribution is 2.14. The highest BCUT2D eigenvalue weighted by molar-refractivity contribution is 5.45. The average Bonchev–Trinajstić information content (AvgIpc) is 2.11. The molecule has 0 heterocycles. The Kier molecular flexibility index (Phi) is 3.84. The third-order valence-electron chi connectivity index (χ3n) is 1.43. The summed E-state index contributed by atoms with van der Waals surface area (Å²) in [5.74, 6) is -1.28. The molecule has 0 aliphatic carbocycles. The van der Waals surface area contributed by atoms with E-state index in [9.17, 15) is 13.6 Å². The van der Waals surface area contributed by atoms with Crippen molar-refractivity contribution < 1.29 is 18.3 Å². The van der Waals surface area contributed by atoms with Gasteiger partial charge in [0, 0.05) is 18.2 Å². The molecule has 0 unspecified atom stereocenters. The molecule has 0 aromatic heterocycles. The highest BCUT2D eigenvalue weighted by atomic mass is 19.1. The van der Waals surface area contributed by atoms with Crippen molar-refractivity contribution in [3.05, 3.63) is 29.8 Å². The number of carbonyl (C=O) groups excluding carboxylic acids is 1. The Morgan fingerprint density at radius 1 is 1.29 bits per heavy atom. The second kappa shape index (κ2) is 5.16. The molecule has 0 aliphatic heterocycles. The van der Waals surface area contributed by atoms with Crippen molar-refractivity contribution >= 4 is 6.41 Å². The van der Waals surface area contributed by atoms with Crippen molar-refractivity contribution in [1.82, 2.24) is 5.32 Å². The number of carbonyl (C=O) groups is 1. The van der Waals surface area contributed by atoms with Crippen molar-refractivity contribution in [2.24, 2.45) is 0 Å². The molecule has 3 nitrogen and oxygen atoms in total. The van der Waals surface area contributed by atoms with Crippen LogP contribution in [-0.2, 0) is 4.79 Å². The molecule has 1 aromatic rings. The molecule has 0 aliphatic rings. The number of nitrogens with one attached hydrogen (secondary N) is 1. The number of hydrogen-bond donors (Lipinski definition) is 1. The average molecular weight is 201 g/mol. The molecule has 1 amide bonds. The molecule has 0 spiro atoms. The molecule has 0 bridgehead atoms. The topological polar surface area (TPSA) is 38.3 Å². The maximum absolute atomic E-state index is 12.6. The number of hydrogen-bond acceptors (Lipinski definition) is 2. The largest absolute Gasteiger partial charge is 0.492 e. The van der Waals surface area contributed by atoms with Crippen LogP contribution in [0.15, 0.2) is 18.2 Å². The molecule has 76 valence electrons. The molecular weight excluding hydrogens is 192 g/mol. The summed E-state index contributed by atoms with van der Waals surface area (Å²) in [5.41, 5.74) is 0. The third kappa shape index (κ3) is 3.38. The number of halogens is 2. The monoisotopic (exact) mass is 201 g/mol. The van der Waals surface area contributed by atoms with Gasteiger partial charge < -0.3 is 10.1 Å². The molecule has 0 saturated heterocycles. The lowest BCUT2D eigenvalue weighted by atomic mass is 10.3. The number of amides is 1. The summed E-state index contributed by atoms with van der Waals surface area (Å²) in [6, 6.07) is 2.91. The predicted molar refractivity (Wildman–Crippen MR) is 45.9 cm³/mol. The van der Waals surface area contributed by atoms with E-state index in [-0.39, 0.29) is 12.4 Å². The lowest BCUT2D eigenvalue weighted by molar-refractivity contribution is -0.109. The number of rotatable bonds is 5. The standard InChI is InChI=1S/C9H9F2NO2/c10-7-3-8(11)5-9(4-7)14-2-1-12-6-13/h3-6H,1-2H2,(H,12,13). The van der Waals surface area contributed by atoms with E-state index in [4.69, 9.17) is 4.74 Å². The fourth-order valence-electron chi connectivity index (χ4n) is 0.899. The minimum atomic E-state index is -0.691. The quantitative estimate of drug-likeness (QED) is 0.572. The van der Waals surface area contributed by atoms with Crippen molar-refractivity contribution in [2.75, 3.05) is 13.2 Å². The van der Waals surface area contributed by atoms with Gasteiger partial charge in [-0.25, -0.2) is 8.78 Å². The highest BCUT2D eigenvalue weighted by Gasteiger charge is 2.00. The summed E-state index contributed by atoms with van der Waals surface area (Å²) < 4.78 is 30.2. The van der Waals surface area contributed by atoms with E-state index in [1.807, 2.05) is 0 Å². The Balaban J connectivity index is 2.46. The smallest absolute Gasteiger partial charge is 0.207 e. The van der Waals surface area contributed by atoms with Crippen LogP contribution >= 0.6 is 0 Å². The zero-order chi connectivity index (χ0) is 10.4. The fourth-order valence-corrected chi connectivity index (χ4v) is 0.899. The second-order valence-corrected chi connectivity index (χ2v) is 2.53. The van der Waals surface area contributed by atoms with Crippen LogP contribution in [0.4, 0.5) is 8.78 Å². The van der Waals surface area contributed by atoms with Crippen LogP contribution in [-0.4, -0.2) is 19.6 Å². The summed E-state index contributed by atoms with van der Waals surface area (Å²) in [4.78, 5) is 9.84. The fraction of sp³-hybridized carbons (Fsp3) is 0.222. The van der Waals surface area contributed by atoms with E-state index >= 15 is 0 Å². The first-order valence-corrected chi connectivity index (χ1v) is 3.98. The minimum absolute atomic E-state index is 0.107. The molecule has 5 heteroatoms. The van der Waals surface area contributed by atoms with Crippen molar-refractivity contribution in [2.45, 2.75) is 0 Å². The normalized spacial score (nSPS) is 9.57. The second-order valence-electron chi connectivity index (χ2n) is 2.53. The summed E-state index contributed by atoms with van der Waals surface area (Å²) in [6.07, 6.45) is 0.523. The van der Waals surface area contributed by atoms with E-state index < -0.39 is 11.6 Å². The van der Waals surface area contributed by atoms with Gasteiger partial charge in [0.2, 0.25) is 6.41 Å². The molecule has 1 rings (SSSR count). The molecule has 0 radical (unpaired) electrons. The van der Waals surface area contributed by atoms with Crippen LogP contribution in [0.25, 0.3) is 0 Å². The van der Waals surface area contributed by atoms with E-state index in [2.05, 4.69) is 5.32 Å². The first kappa shape index (κ1) is 10.4. The van der Waals surface area contributed by atoms with Gasteiger partial charge in [-0.1, -0.05) is 0 Å². The summed E-state index contributed by atoms with van der Waals surface area (Å²) in [6.45, 7) is 0.462. The Morgan fingerprint density at radius 2 is 1.93 bits per heavy atom. The number of ether oxygens (including phenoxy) is 1. The van der Waals surface area contributed by atoms with E-state index in [0.717, 1.165) is 18.2 Å². The Morgan fingerprint density at radius 3 is 2.50 bits per heavy atom. The van der Waals surface area contributed by atoms with Crippen LogP contribution in [0.3, 0.4) is 0 Å². The summed E-state index contributed by atoms with van der Waals surface area (Å²) in [5, 5.41) is 2.35. The summed E-state index contributed by atoms with van der Waals surface area (Å²) in [7, 11) is 0. The van der Waals surface area contributed by atoms with Crippen LogP contribution in [0.5, 0.6) is 5.75 Å². The van der Waals surface area contributed by atoms with Crippen LogP contribution in [0.2, 0.25) is 0 Å². The molecule has 0 saturated carbocycles. The van der Waals surface area contributed by atoms with E-state index in [0.29, 0.717) is 13.0 Å². The Bertz CT molecular complexity index is 297. The van der Waals surface area contributed by atoms with Crippen molar-refractivity contribution in [3.8, 4) is 5.75 Å². The molecule has 1 N–H and O–H groups in total. The van der Waals surface area contributed by atoms with Gasteiger partial charge in [-0.05, 0) is 0 Å². The molecule has 1 aromatic carbocycles. The lowest BCUT2D eigenvalue weighted by Crippen LogP contribution is -2.19. The van der Waals surface area contributed by atoms with Gasteiger partial charge in [-0.2, -0.15) is 0 Å². The van der Waals surface area contributed by atoms with Crippen LogP contribution in [0.1, 0.15) is 0 Å². The zero-order valence-electron chi connectivity index (χ0n) is 7.30. The van der Waals surface area contributed by atoms with Gasteiger partial charge in [0.15, 0.2) is 0 Å². The van der Waals surface area contributed by atoms with E-state index in [1.54, 1.807) is 0 Å². The maximum atomic E-state index is 12.6. The van der Waals surface area contributed by atoms with Crippen LogP contribution < -0.4 is 10.1 Å². The Labute approximate surface area is 79.7 Å². The van der Waals surface area contributed by atoms with Crippen molar-refractivity contribution in [3.63, 3.8) is 0 Å². The minimum Gasteiger partial charge on any atom is -0.492 e. The maximum Gasteiger partial charge on any atom is 0.207 e. The van der Waals surface area contributed by atoms with Gasteiger partial charge in [-0.15, -0.1) is 0 Å². The van der Waals surface area contributed by atoms with Gasteiger partial charge in [0.25, 0.3) is 0 Å². The molecule has 0 fully saturated rings. The SMILES string of the molecule is O=CNCCOc1cc(F)cc(F)c1. The summed E-state index contributed by atoms with van der Waals surface area (Å²) >= 11 is 0. The zero-order valence-corrected chi connectivity index (χ0v) is 7.30. The lowest BCUT2D eigenvalue weighted by Gasteiger charge is -2.05. The van der Waals surface area contributed by atoms with Gasteiger partial charge in [-0.3, -0.25) is 4.79 Å². The van der Waals surface area contributed by atoms with Gasteiger partial charge in [0.1, 0.15) is 24.0 Å². The van der Waals surface area contributed by atoms with Gasteiger partial charge in [0.05, 0.1) is 6.54 Å². The predicted octanol–water partition coefficient (Wildman–Crippen LogP) is 1.09. The first-order chi connectivity index (χ1) is 6.72. The molecule has 14 heavy (non-hydrogen) atoms. The first-order valence-electron chi connectivity index (χ1n) is 3.98. The number of benzene rings is 1. The third-order valence-corrected chi connectivity index (χ3v) is 1.43. The van der Waals surface area contributed by atoms with Crippen LogP contribution in [0, 0.1) is 11.6 Å². The Hall–Kier alpha value is -1.65.